The minimum absolute atomic E-state index is 0.226. The first-order valence-electron chi connectivity index (χ1n) is 5.25. The molecule has 0 aromatic heterocycles. The molecule has 0 amide bonds. The van der Waals surface area contributed by atoms with E-state index in [4.69, 9.17) is 0 Å². The first kappa shape index (κ1) is 13.7. The van der Waals surface area contributed by atoms with E-state index in [0.717, 1.165) is 17.4 Å². The lowest BCUT2D eigenvalue weighted by Crippen LogP contribution is -1.90. The van der Waals surface area contributed by atoms with E-state index < -0.39 is 0 Å². The Morgan fingerprint density at radius 1 is 1.35 bits per heavy atom. The van der Waals surface area contributed by atoms with E-state index in [0.29, 0.717) is 16.0 Å². The number of benzene rings is 1. The van der Waals surface area contributed by atoms with Crippen molar-refractivity contribution in [2.24, 2.45) is 0 Å². The Morgan fingerprint density at radius 2 is 2.00 bits per heavy atom. The Bertz CT molecular complexity index is 497. The summed E-state index contributed by atoms with van der Waals surface area (Å²) in [7, 11) is 0. The van der Waals surface area contributed by atoms with E-state index in [1.807, 2.05) is 13.0 Å². The summed E-state index contributed by atoms with van der Waals surface area (Å²) in [6.45, 7) is 5.31. The van der Waals surface area contributed by atoms with Crippen molar-refractivity contribution in [2.75, 3.05) is 0 Å². The van der Waals surface area contributed by atoms with Gasteiger partial charge in [-0.05, 0) is 54.5 Å². The fraction of sp³-hybridized carbons (Fsp3) is 0.214. The second-order valence-corrected chi connectivity index (χ2v) is 4.62. The number of hydrogen-bond donors (Lipinski definition) is 1. The monoisotopic (exact) mass is 250 g/mol. The average Bonchev–Trinajstić information content (AvgIpc) is 2.24. The van der Waals surface area contributed by atoms with Gasteiger partial charge >= 0.3 is 0 Å². The Morgan fingerprint density at radius 3 is 2.47 bits per heavy atom. The highest BCUT2D eigenvalue weighted by Crippen LogP contribution is 2.19. The van der Waals surface area contributed by atoms with Gasteiger partial charge in [-0.15, -0.1) is 12.6 Å². The highest BCUT2D eigenvalue weighted by molar-refractivity contribution is 7.84. The van der Waals surface area contributed by atoms with Crippen LogP contribution >= 0.6 is 12.6 Å². The van der Waals surface area contributed by atoms with E-state index in [9.17, 15) is 9.18 Å². The lowest BCUT2D eigenvalue weighted by molar-refractivity contribution is -0.104. The SMILES string of the molecule is CC(=C\c1ccc(F)c(C)c1)/C(C=O)=C(/C)S. The van der Waals surface area contributed by atoms with E-state index in [1.54, 1.807) is 26.0 Å². The minimum Gasteiger partial charge on any atom is -0.298 e. The molecule has 0 aliphatic heterocycles. The quantitative estimate of drug-likeness (QED) is 0.372. The molecule has 0 aliphatic rings. The van der Waals surface area contributed by atoms with E-state index in [1.165, 1.54) is 6.07 Å². The number of aryl methyl sites for hydroxylation is 1. The largest absolute Gasteiger partial charge is 0.298 e. The third-order valence-corrected chi connectivity index (χ3v) is 2.74. The van der Waals surface area contributed by atoms with Gasteiger partial charge in [0.15, 0.2) is 6.29 Å². The molecule has 1 rings (SSSR count). The maximum atomic E-state index is 13.1. The standard InChI is InChI=1S/C14H15FOS/c1-9(13(8-16)11(3)17)6-12-4-5-14(15)10(2)7-12/h4-8,17H,1-3H3/b9-6+,13-11-. The van der Waals surface area contributed by atoms with Gasteiger partial charge in [0, 0.05) is 5.57 Å². The Balaban J connectivity index is 3.15. The molecule has 0 bridgehead atoms. The van der Waals surface area contributed by atoms with Crippen molar-refractivity contribution in [3.8, 4) is 0 Å². The van der Waals surface area contributed by atoms with Gasteiger partial charge < -0.3 is 0 Å². The molecule has 1 aromatic carbocycles. The van der Waals surface area contributed by atoms with Crippen LogP contribution in [0.3, 0.4) is 0 Å². The lowest BCUT2D eigenvalue weighted by atomic mass is 10.0. The molecule has 0 aliphatic carbocycles. The van der Waals surface area contributed by atoms with Crippen LogP contribution < -0.4 is 0 Å². The van der Waals surface area contributed by atoms with Crippen LogP contribution in [0, 0.1) is 12.7 Å². The number of allylic oxidation sites excluding steroid dienone is 3. The van der Waals surface area contributed by atoms with Gasteiger partial charge in [0.25, 0.3) is 0 Å². The smallest absolute Gasteiger partial charge is 0.151 e. The van der Waals surface area contributed by atoms with Gasteiger partial charge in [-0.2, -0.15) is 0 Å². The second-order valence-electron chi connectivity index (χ2n) is 3.95. The van der Waals surface area contributed by atoms with Crippen LogP contribution in [0.4, 0.5) is 4.39 Å². The minimum atomic E-state index is -0.226. The van der Waals surface area contributed by atoms with Crippen molar-refractivity contribution in [2.45, 2.75) is 20.8 Å². The van der Waals surface area contributed by atoms with Crippen LogP contribution in [0.5, 0.6) is 0 Å². The molecule has 0 saturated heterocycles. The second kappa shape index (κ2) is 5.82. The summed E-state index contributed by atoms with van der Waals surface area (Å²) in [5.41, 5.74) is 2.84. The molecule has 1 aromatic rings. The van der Waals surface area contributed by atoms with Crippen LogP contribution in [0.15, 0.2) is 34.3 Å². The number of aldehydes is 1. The third kappa shape index (κ3) is 3.56. The normalized spacial score (nSPS) is 13.4. The number of rotatable bonds is 3. The fourth-order valence-corrected chi connectivity index (χ4v) is 1.78. The van der Waals surface area contributed by atoms with E-state index in [-0.39, 0.29) is 5.82 Å². The first-order valence-corrected chi connectivity index (χ1v) is 5.70. The number of thiol groups is 1. The summed E-state index contributed by atoms with van der Waals surface area (Å²) < 4.78 is 13.1. The van der Waals surface area contributed by atoms with Crippen molar-refractivity contribution in [1.82, 2.24) is 0 Å². The van der Waals surface area contributed by atoms with Crippen LogP contribution in [-0.4, -0.2) is 6.29 Å². The molecular weight excluding hydrogens is 235 g/mol. The highest BCUT2D eigenvalue weighted by atomic mass is 32.1. The molecule has 90 valence electrons. The van der Waals surface area contributed by atoms with Crippen molar-refractivity contribution in [3.63, 3.8) is 0 Å². The third-order valence-electron chi connectivity index (χ3n) is 2.50. The maximum Gasteiger partial charge on any atom is 0.151 e. The van der Waals surface area contributed by atoms with Crippen LogP contribution in [0.1, 0.15) is 25.0 Å². The molecule has 17 heavy (non-hydrogen) atoms. The highest BCUT2D eigenvalue weighted by Gasteiger charge is 2.03. The molecule has 0 fully saturated rings. The van der Waals surface area contributed by atoms with Gasteiger partial charge in [0.05, 0.1) is 0 Å². The number of halogens is 1. The summed E-state index contributed by atoms with van der Waals surface area (Å²) in [5.74, 6) is -0.226. The zero-order valence-corrected chi connectivity index (χ0v) is 11.0. The van der Waals surface area contributed by atoms with Crippen LogP contribution in [-0.2, 0) is 4.79 Å². The summed E-state index contributed by atoms with van der Waals surface area (Å²) in [5, 5.41) is 0. The zero-order chi connectivity index (χ0) is 13.0. The van der Waals surface area contributed by atoms with Gasteiger partial charge in [-0.3, -0.25) is 4.79 Å². The van der Waals surface area contributed by atoms with Gasteiger partial charge in [0.2, 0.25) is 0 Å². The predicted molar refractivity (Wildman–Crippen MR) is 72.5 cm³/mol. The summed E-state index contributed by atoms with van der Waals surface area (Å²) in [6.07, 6.45) is 2.63. The molecule has 0 N–H and O–H groups in total. The maximum absolute atomic E-state index is 13.1. The van der Waals surface area contributed by atoms with Gasteiger partial charge in [-0.25, -0.2) is 4.39 Å². The van der Waals surface area contributed by atoms with Gasteiger partial charge in [0.1, 0.15) is 5.82 Å². The molecule has 0 unspecified atom stereocenters. The number of carbonyl (C=O) groups is 1. The number of carbonyl (C=O) groups excluding carboxylic acids is 1. The Hall–Kier alpha value is -1.35. The molecule has 0 heterocycles. The van der Waals surface area contributed by atoms with Crippen molar-refractivity contribution < 1.29 is 9.18 Å². The van der Waals surface area contributed by atoms with Crippen LogP contribution in [0.25, 0.3) is 6.08 Å². The van der Waals surface area contributed by atoms with Crippen molar-refractivity contribution >= 4 is 25.0 Å². The fourth-order valence-electron chi connectivity index (χ4n) is 1.55. The Labute approximate surface area is 106 Å². The van der Waals surface area contributed by atoms with Crippen LogP contribution in [0.2, 0.25) is 0 Å². The Kier molecular flexibility index (Phi) is 4.70. The lowest BCUT2D eigenvalue weighted by Gasteiger charge is -2.04. The van der Waals surface area contributed by atoms with Crippen molar-refractivity contribution in [3.05, 3.63) is 51.2 Å². The molecule has 0 saturated carbocycles. The molecule has 0 spiro atoms. The summed E-state index contributed by atoms with van der Waals surface area (Å²) in [4.78, 5) is 11.6. The van der Waals surface area contributed by atoms with Gasteiger partial charge in [-0.1, -0.05) is 12.1 Å². The number of hydrogen-bond acceptors (Lipinski definition) is 2. The van der Waals surface area contributed by atoms with E-state index >= 15 is 0 Å². The predicted octanol–water partition coefficient (Wildman–Crippen LogP) is 3.94. The summed E-state index contributed by atoms with van der Waals surface area (Å²) in [6, 6.07) is 4.85. The molecule has 0 radical (unpaired) electrons. The topological polar surface area (TPSA) is 17.1 Å². The molecule has 0 atom stereocenters. The summed E-state index contributed by atoms with van der Waals surface area (Å²) >= 11 is 4.16. The zero-order valence-electron chi connectivity index (χ0n) is 10.1. The molecule has 1 nitrogen and oxygen atoms in total. The molecule has 3 heteroatoms. The van der Waals surface area contributed by atoms with Crippen molar-refractivity contribution in [1.29, 1.82) is 0 Å². The molecular formula is C14H15FOS. The average molecular weight is 250 g/mol. The van der Waals surface area contributed by atoms with E-state index in [2.05, 4.69) is 12.6 Å². The first-order chi connectivity index (χ1) is 7.95.